The number of rotatable bonds is 4. The van der Waals surface area contributed by atoms with Crippen LogP contribution in [0.3, 0.4) is 0 Å². The fraction of sp³-hybridized carbons (Fsp3) is 0.240. The Morgan fingerprint density at radius 3 is 2.68 bits per heavy atom. The van der Waals surface area contributed by atoms with E-state index in [9.17, 15) is 14.9 Å². The molecule has 2 aromatic carbocycles. The molecule has 0 saturated carbocycles. The van der Waals surface area contributed by atoms with E-state index in [0.29, 0.717) is 18.7 Å². The molecule has 0 atom stereocenters. The number of nitrogens with one attached hydrogen (secondary N) is 2. The van der Waals surface area contributed by atoms with Crippen LogP contribution in [0.2, 0.25) is 0 Å². The fourth-order valence-electron chi connectivity index (χ4n) is 3.62. The molecule has 1 amide bonds. The lowest BCUT2D eigenvalue weighted by Crippen LogP contribution is -2.33. The number of fused-ring (bicyclic) bond motifs is 1. The van der Waals surface area contributed by atoms with Crippen molar-refractivity contribution in [2.45, 2.75) is 39.5 Å². The number of H-pyrrole nitrogens is 1. The Morgan fingerprint density at radius 2 is 1.97 bits per heavy atom. The molecule has 0 saturated heterocycles. The molecule has 3 aromatic rings. The Kier molecular flexibility index (Phi) is 6.15. The number of hydrogen-bond acceptors (Lipinski definition) is 7. The highest BCUT2D eigenvalue weighted by atomic mass is 16.6. The van der Waals surface area contributed by atoms with Crippen molar-refractivity contribution in [3.8, 4) is 17.3 Å². The summed E-state index contributed by atoms with van der Waals surface area (Å²) in [6.45, 7) is 6.38. The second kappa shape index (κ2) is 9.19. The molecule has 1 aromatic heterocycles. The molecule has 2 N–H and O–H groups in total. The largest absolute Gasteiger partial charge is 0.444 e. The van der Waals surface area contributed by atoms with Gasteiger partial charge in [0.05, 0.1) is 18.5 Å². The minimum absolute atomic E-state index is 0.0659. The Labute approximate surface area is 196 Å². The van der Waals surface area contributed by atoms with E-state index in [1.165, 1.54) is 0 Å². The van der Waals surface area contributed by atoms with Gasteiger partial charge in [0.25, 0.3) is 5.56 Å². The predicted octanol–water partition coefficient (Wildman–Crippen LogP) is 4.01. The Balaban J connectivity index is 1.54. The molecule has 1 aliphatic heterocycles. The number of hydrogen-bond donors (Lipinski definition) is 2. The normalized spacial score (nSPS) is 12.9. The van der Waals surface area contributed by atoms with Crippen LogP contribution >= 0.6 is 0 Å². The van der Waals surface area contributed by atoms with Crippen LogP contribution < -0.4 is 11.0 Å². The maximum absolute atomic E-state index is 12.5. The molecule has 34 heavy (non-hydrogen) atoms. The molecule has 2 heterocycles. The van der Waals surface area contributed by atoms with Gasteiger partial charge in [0.2, 0.25) is 5.95 Å². The Bertz CT molecular complexity index is 1350. The summed E-state index contributed by atoms with van der Waals surface area (Å²) in [6, 6.07) is 16.7. The van der Waals surface area contributed by atoms with E-state index in [4.69, 9.17) is 4.74 Å². The van der Waals surface area contributed by atoms with Crippen molar-refractivity contribution in [1.29, 1.82) is 5.26 Å². The van der Waals surface area contributed by atoms with Crippen LogP contribution in [0, 0.1) is 11.3 Å². The molecule has 4 rings (SSSR count). The van der Waals surface area contributed by atoms with Gasteiger partial charge in [0, 0.05) is 12.1 Å². The highest BCUT2D eigenvalue weighted by molar-refractivity contribution is 5.84. The van der Waals surface area contributed by atoms with E-state index in [1.54, 1.807) is 35.4 Å². The van der Waals surface area contributed by atoms with Gasteiger partial charge in [-0.2, -0.15) is 10.4 Å². The Morgan fingerprint density at radius 1 is 1.21 bits per heavy atom. The predicted molar refractivity (Wildman–Crippen MR) is 128 cm³/mol. The molecule has 172 valence electrons. The van der Waals surface area contributed by atoms with Gasteiger partial charge in [-0.3, -0.25) is 14.7 Å². The highest BCUT2D eigenvalue weighted by Crippen LogP contribution is 2.27. The first-order chi connectivity index (χ1) is 16.2. The highest BCUT2D eigenvalue weighted by Gasteiger charge is 2.28. The lowest BCUT2D eigenvalue weighted by atomic mass is 10.0. The number of benzene rings is 2. The molecule has 9 heteroatoms. The summed E-state index contributed by atoms with van der Waals surface area (Å²) < 4.78 is 5.49. The van der Waals surface area contributed by atoms with E-state index >= 15 is 0 Å². The van der Waals surface area contributed by atoms with Gasteiger partial charge in [-0.25, -0.2) is 15.2 Å². The van der Waals surface area contributed by atoms with Crippen LogP contribution in [0.1, 0.15) is 43.0 Å². The minimum Gasteiger partial charge on any atom is -0.444 e. The summed E-state index contributed by atoms with van der Waals surface area (Å²) in [5, 5.41) is 13.6. The van der Waals surface area contributed by atoms with Crippen LogP contribution in [0.5, 0.6) is 0 Å². The standard InChI is InChI=1S/C25H24N6O3/c1-25(2,3)34-24(33)31-14-18-11-7-10-17(20(18)15-31)13-27-30-23-28-21(16-8-5-4-6-9-16)19(12-26)22(32)29-23/h4-11,13H,14-15H2,1-3H3,(H2,28,29,30,32). The number of carbonyl (C=O) groups is 1. The summed E-state index contributed by atoms with van der Waals surface area (Å²) in [4.78, 5) is 33.4. The molecule has 0 bridgehead atoms. The van der Waals surface area contributed by atoms with Crippen molar-refractivity contribution in [2.24, 2.45) is 5.10 Å². The molecular weight excluding hydrogens is 432 g/mol. The van der Waals surface area contributed by atoms with Gasteiger partial charge in [0.15, 0.2) is 0 Å². The van der Waals surface area contributed by atoms with E-state index in [2.05, 4.69) is 20.5 Å². The summed E-state index contributed by atoms with van der Waals surface area (Å²) in [5.74, 6) is 0.113. The summed E-state index contributed by atoms with van der Waals surface area (Å²) >= 11 is 0. The maximum Gasteiger partial charge on any atom is 0.410 e. The first-order valence-electron chi connectivity index (χ1n) is 10.7. The third-order valence-corrected chi connectivity index (χ3v) is 5.12. The quantitative estimate of drug-likeness (QED) is 0.452. The zero-order chi connectivity index (χ0) is 24.3. The number of carbonyl (C=O) groups excluding carboxylic acids is 1. The third-order valence-electron chi connectivity index (χ3n) is 5.12. The average molecular weight is 457 g/mol. The van der Waals surface area contributed by atoms with Crippen molar-refractivity contribution < 1.29 is 9.53 Å². The minimum atomic E-state index is -0.566. The van der Waals surface area contributed by atoms with Gasteiger partial charge in [-0.15, -0.1) is 0 Å². The summed E-state index contributed by atoms with van der Waals surface area (Å²) in [5.41, 5.74) is 5.31. The van der Waals surface area contributed by atoms with E-state index in [0.717, 1.165) is 16.7 Å². The molecule has 0 radical (unpaired) electrons. The molecule has 0 aliphatic carbocycles. The van der Waals surface area contributed by atoms with Gasteiger partial charge in [-0.1, -0.05) is 48.5 Å². The summed E-state index contributed by atoms with van der Waals surface area (Å²) in [7, 11) is 0. The lowest BCUT2D eigenvalue weighted by molar-refractivity contribution is 0.0242. The fourth-order valence-corrected chi connectivity index (χ4v) is 3.62. The molecular formula is C25H24N6O3. The van der Waals surface area contributed by atoms with Crippen molar-refractivity contribution in [3.63, 3.8) is 0 Å². The number of anilines is 1. The van der Waals surface area contributed by atoms with Crippen LogP contribution in [-0.2, 0) is 17.8 Å². The van der Waals surface area contributed by atoms with E-state index in [1.807, 2.05) is 51.1 Å². The summed E-state index contributed by atoms with van der Waals surface area (Å²) in [6.07, 6.45) is 1.25. The van der Waals surface area contributed by atoms with Crippen LogP contribution in [-0.4, -0.2) is 32.8 Å². The average Bonchev–Trinajstić information content (AvgIpc) is 3.24. The molecule has 0 unspecified atom stereocenters. The smallest absolute Gasteiger partial charge is 0.410 e. The third kappa shape index (κ3) is 4.96. The van der Waals surface area contributed by atoms with Crippen molar-refractivity contribution >= 4 is 18.3 Å². The van der Waals surface area contributed by atoms with Crippen LogP contribution in [0.4, 0.5) is 10.7 Å². The number of aromatic amines is 1. The molecule has 9 nitrogen and oxygen atoms in total. The van der Waals surface area contributed by atoms with Crippen LogP contribution in [0.25, 0.3) is 11.3 Å². The van der Waals surface area contributed by atoms with E-state index in [-0.39, 0.29) is 23.3 Å². The monoisotopic (exact) mass is 456 g/mol. The number of nitrogens with zero attached hydrogens (tertiary/aromatic N) is 4. The molecule has 1 aliphatic rings. The van der Waals surface area contributed by atoms with Gasteiger partial charge in [0.1, 0.15) is 17.2 Å². The van der Waals surface area contributed by atoms with Crippen molar-refractivity contribution in [1.82, 2.24) is 14.9 Å². The first kappa shape index (κ1) is 22.7. The molecule has 0 spiro atoms. The second-order valence-corrected chi connectivity index (χ2v) is 8.81. The molecule has 0 fully saturated rings. The van der Waals surface area contributed by atoms with Crippen molar-refractivity contribution in [2.75, 3.05) is 5.43 Å². The number of nitriles is 1. The van der Waals surface area contributed by atoms with Gasteiger partial charge in [-0.05, 0) is 37.5 Å². The number of ether oxygens (including phenoxy) is 1. The van der Waals surface area contributed by atoms with Crippen molar-refractivity contribution in [3.05, 3.63) is 81.1 Å². The lowest BCUT2D eigenvalue weighted by Gasteiger charge is -2.24. The van der Waals surface area contributed by atoms with Gasteiger partial charge < -0.3 is 4.74 Å². The zero-order valence-corrected chi connectivity index (χ0v) is 19.1. The van der Waals surface area contributed by atoms with Gasteiger partial charge >= 0.3 is 6.09 Å². The number of hydrazone groups is 1. The maximum atomic E-state index is 12.5. The first-order valence-corrected chi connectivity index (χ1v) is 10.7. The second-order valence-electron chi connectivity index (χ2n) is 8.81. The topological polar surface area (TPSA) is 123 Å². The Hall–Kier alpha value is -4.45. The SMILES string of the molecule is CC(C)(C)OC(=O)N1Cc2cccc(C=NNc3nc(-c4ccccc4)c(C#N)c(=O)[nH]3)c2C1. The van der Waals surface area contributed by atoms with E-state index < -0.39 is 11.2 Å². The van der Waals surface area contributed by atoms with Crippen LogP contribution in [0.15, 0.2) is 58.4 Å². The number of amides is 1. The number of aromatic nitrogens is 2. The zero-order valence-electron chi connectivity index (χ0n) is 19.1.